The average Bonchev–Trinajstić information content (AvgIpc) is 3.41. The van der Waals surface area contributed by atoms with Crippen LogP contribution in [-0.2, 0) is 4.79 Å². The Morgan fingerprint density at radius 2 is 1.73 bits per heavy atom. The molecule has 2 aromatic heterocycles. The van der Waals surface area contributed by atoms with Gasteiger partial charge in [0.2, 0.25) is 5.91 Å². The second kappa shape index (κ2) is 8.34. The van der Waals surface area contributed by atoms with E-state index in [1.54, 1.807) is 0 Å². The lowest BCUT2D eigenvalue weighted by Crippen LogP contribution is -2.12. The van der Waals surface area contributed by atoms with Crippen LogP contribution in [0.15, 0.2) is 72.4 Å². The third-order valence-corrected chi connectivity index (χ3v) is 5.34. The smallest absolute Gasteiger partial charge is 0.257 e. The maximum absolute atomic E-state index is 12.7. The monoisotopic (exact) mass is 416 g/mol. The molecule has 0 radical (unpaired) electrons. The van der Waals surface area contributed by atoms with Crippen molar-refractivity contribution >= 4 is 34.0 Å². The van der Waals surface area contributed by atoms with E-state index in [9.17, 15) is 9.59 Å². The SMILES string of the molecule is CC(=O)Nc1ccc(-c2csc(NC(=O)c3ccc(C)c(-n4cccc4)c3)n2)cc1. The first-order valence-electron chi connectivity index (χ1n) is 9.38. The molecule has 6 nitrogen and oxygen atoms in total. The molecule has 30 heavy (non-hydrogen) atoms. The van der Waals surface area contributed by atoms with Crippen LogP contribution in [-0.4, -0.2) is 21.4 Å². The van der Waals surface area contributed by atoms with Crippen molar-refractivity contribution in [3.8, 4) is 16.9 Å². The summed E-state index contributed by atoms with van der Waals surface area (Å²) < 4.78 is 1.98. The maximum atomic E-state index is 12.7. The van der Waals surface area contributed by atoms with Crippen molar-refractivity contribution in [2.45, 2.75) is 13.8 Å². The minimum absolute atomic E-state index is 0.113. The van der Waals surface area contributed by atoms with Crippen LogP contribution in [0.3, 0.4) is 0 Å². The van der Waals surface area contributed by atoms with Gasteiger partial charge in [-0.2, -0.15) is 0 Å². The fraction of sp³-hybridized carbons (Fsp3) is 0.0870. The van der Waals surface area contributed by atoms with E-state index in [-0.39, 0.29) is 11.8 Å². The Labute approximate surface area is 178 Å². The number of benzene rings is 2. The molecule has 0 saturated carbocycles. The fourth-order valence-electron chi connectivity index (χ4n) is 3.08. The molecule has 2 aromatic carbocycles. The van der Waals surface area contributed by atoms with Crippen LogP contribution in [0.25, 0.3) is 16.9 Å². The molecule has 150 valence electrons. The van der Waals surface area contributed by atoms with E-state index in [1.807, 2.05) is 83.9 Å². The van der Waals surface area contributed by atoms with Crippen LogP contribution >= 0.6 is 11.3 Å². The molecule has 4 rings (SSSR count). The van der Waals surface area contributed by atoms with Crippen LogP contribution in [0.1, 0.15) is 22.8 Å². The number of amides is 2. The Hall–Kier alpha value is -3.71. The molecule has 0 aliphatic heterocycles. The number of carbonyl (C=O) groups is 2. The van der Waals surface area contributed by atoms with Gasteiger partial charge in [0.1, 0.15) is 0 Å². The van der Waals surface area contributed by atoms with Gasteiger partial charge in [-0.25, -0.2) is 4.98 Å². The summed E-state index contributed by atoms with van der Waals surface area (Å²) >= 11 is 1.37. The van der Waals surface area contributed by atoms with E-state index >= 15 is 0 Å². The molecule has 0 aliphatic carbocycles. The minimum Gasteiger partial charge on any atom is -0.326 e. The Balaban J connectivity index is 1.49. The van der Waals surface area contributed by atoms with E-state index in [0.29, 0.717) is 10.7 Å². The summed E-state index contributed by atoms with van der Waals surface area (Å²) in [6, 6.07) is 16.9. The van der Waals surface area contributed by atoms with Crippen molar-refractivity contribution in [3.05, 3.63) is 83.5 Å². The first-order chi connectivity index (χ1) is 14.5. The van der Waals surface area contributed by atoms with E-state index in [4.69, 9.17) is 0 Å². The third kappa shape index (κ3) is 4.31. The second-order valence-corrected chi connectivity index (χ2v) is 7.70. The first-order valence-corrected chi connectivity index (χ1v) is 10.3. The lowest BCUT2D eigenvalue weighted by atomic mass is 10.1. The first kappa shape index (κ1) is 19.6. The molecule has 0 fully saturated rings. The molecule has 0 saturated heterocycles. The number of hydrogen-bond acceptors (Lipinski definition) is 4. The Bertz CT molecular complexity index is 1190. The van der Waals surface area contributed by atoms with E-state index < -0.39 is 0 Å². The number of aryl methyl sites for hydroxylation is 1. The van der Waals surface area contributed by atoms with Crippen molar-refractivity contribution in [1.82, 2.24) is 9.55 Å². The van der Waals surface area contributed by atoms with Crippen LogP contribution < -0.4 is 10.6 Å². The highest BCUT2D eigenvalue weighted by atomic mass is 32.1. The Morgan fingerprint density at radius 1 is 1.00 bits per heavy atom. The molecule has 0 bridgehead atoms. The highest BCUT2D eigenvalue weighted by molar-refractivity contribution is 7.14. The van der Waals surface area contributed by atoms with Gasteiger partial charge in [-0.15, -0.1) is 11.3 Å². The Morgan fingerprint density at radius 3 is 2.43 bits per heavy atom. The lowest BCUT2D eigenvalue weighted by Gasteiger charge is -2.10. The normalized spacial score (nSPS) is 10.6. The molecule has 4 aromatic rings. The minimum atomic E-state index is -0.203. The zero-order valence-electron chi connectivity index (χ0n) is 16.5. The largest absolute Gasteiger partial charge is 0.326 e. The second-order valence-electron chi connectivity index (χ2n) is 6.84. The van der Waals surface area contributed by atoms with Crippen molar-refractivity contribution < 1.29 is 9.59 Å². The summed E-state index contributed by atoms with van der Waals surface area (Å²) in [6.07, 6.45) is 3.91. The lowest BCUT2D eigenvalue weighted by molar-refractivity contribution is -0.114. The number of rotatable bonds is 5. The van der Waals surface area contributed by atoms with Gasteiger partial charge < -0.3 is 9.88 Å². The van der Waals surface area contributed by atoms with Crippen LogP contribution in [0.4, 0.5) is 10.8 Å². The quantitative estimate of drug-likeness (QED) is 0.474. The van der Waals surface area contributed by atoms with Crippen LogP contribution in [0, 0.1) is 6.92 Å². The maximum Gasteiger partial charge on any atom is 0.257 e. The molecule has 0 aliphatic rings. The molecule has 2 heterocycles. The molecule has 0 atom stereocenters. The molecule has 7 heteroatoms. The number of anilines is 2. The van der Waals surface area contributed by atoms with Gasteiger partial charge in [0.05, 0.1) is 5.69 Å². The van der Waals surface area contributed by atoms with Gasteiger partial charge in [-0.3, -0.25) is 14.9 Å². The number of aromatic nitrogens is 2. The summed E-state index contributed by atoms with van der Waals surface area (Å²) in [4.78, 5) is 28.4. The van der Waals surface area contributed by atoms with Gasteiger partial charge in [0, 0.05) is 47.2 Å². The van der Waals surface area contributed by atoms with Crippen molar-refractivity contribution in [1.29, 1.82) is 0 Å². The number of nitrogens with one attached hydrogen (secondary N) is 2. The molecular weight excluding hydrogens is 396 g/mol. The van der Waals surface area contributed by atoms with Gasteiger partial charge in [-0.1, -0.05) is 18.2 Å². The van der Waals surface area contributed by atoms with Crippen molar-refractivity contribution in [2.75, 3.05) is 10.6 Å². The third-order valence-electron chi connectivity index (χ3n) is 4.58. The van der Waals surface area contributed by atoms with Gasteiger partial charge in [0.15, 0.2) is 5.13 Å². The molecule has 2 N–H and O–H groups in total. The summed E-state index contributed by atoms with van der Waals surface area (Å²) in [7, 11) is 0. The summed E-state index contributed by atoms with van der Waals surface area (Å²) in [5.74, 6) is -0.317. The topological polar surface area (TPSA) is 76.0 Å². The predicted octanol–water partition coefficient (Wildman–Crippen LogP) is 5.12. The standard InChI is InChI=1S/C23H20N4O2S/c1-15-5-6-18(13-21(15)27-11-3-4-12-27)22(29)26-23-25-20(14-30-23)17-7-9-19(10-8-17)24-16(2)28/h3-14H,1-2H3,(H,24,28)(H,25,26,29). The zero-order valence-corrected chi connectivity index (χ0v) is 17.4. The van der Waals surface area contributed by atoms with Gasteiger partial charge >= 0.3 is 0 Å². The van der Waals surface area contributed by atoms with Crippen molar-refractivity contribution in [3.63, 3.8) is 0 Å². The van der Waals surface area contributed by atoms with Crippen molar-refractivity contribution in [2.24, 2.45) is 0 Å². The number of hydrogen-bond donors (Lipinski definition) is 2. The average molecular weight is 417 g/mol. The number of nitrogens with zero attached hydrogens (tertiary/aromatic N) is 2. The van der Waals surface area contributed by atoms with E-state index in [2.05, 4.69) is 15.6 Å². The summed E-state index contributed by atoms with van der Waals surface area (Å²) in [5, 5.41) is 8.04. The molecule has 2 amide bonds. The van der Waals surface area contributed by atoms with Gasteiger partial charge in [-0.05, 0) is 48.9 Å². The van der Waals surface area contributed by atoms with E-state index in [1.165, 1.54) is 18.3 Å². The molecule has 0 spiro atoms. The fourth-order valence-corrected chi connectivity index (χ4v) is 3.80. The summed E-state index contributed by atoms with van der Waals surface area (Å²) in [6.45, 7) is 3.49. The number of carbonyl (C=O) groups excluding carboxylic acids is 2. The Kier molecular flexibility index (Phi) is 5.45. The zero-order chi connectivity index (χ0) is 21.1. The summed E-state index contributed by atoms with van der Waals surface area (Å²) in [5.41, 5.74) is 5.02. The highest BCUT2D eigenvalue weighted by Crippen LogP contribution is 2.26. The van der Waals surface area contributed by atoms with Crippen LogP contribution in [0.2, 0.25) is 0 Å². The highest BCUT2D eigenvalue weighted by Gasteiger charge is 2.12. The predicted molar refractivity (Wildman–Crippen MR) is 120 cm³/mol. The molecule has 0 unspecified atom stereocenters. The molecular formula is C23H20N4O2S. The van der Waals surface area contributed by atoms with Gasteiger partial charge in [0.25, 0.3) is 5.91 Å². The van der Waals surface area contributed by atoms with Crippen LogP contribution in [0.5, 0.6) is 0 Å². The number of thiazole rings is 1. The van der Waals surface area contributed by atoms with E-state index in [0.717, 1.165) is 28.2 Å².